The van der Waals surface area contributed by atoms with E-state index in [1.807, 2.05) is 27.7 Å². The molecule has 0 spiro atoms. The van der Waals surface area contributed by atoms with Gasteiger partial charge in [-0.25, -0.2) is 0 Å². The maximum atomic E-state index is 12.7. The minimum atomic E-state index is -1.22. The van der Waals surface area contributed by atoms with Crippen molar-refractivity contribution >= 4 is 24.2 Å². The van der Waals surface area contributed by atoms with Crippen LogP contribution in [0.25, 0.3) is 0 Å². The molecule has 8 nitrogen and oxygen atoms in total. The fourth-order valence-electron chi connectivity index (χ4n) is 2.25. The second kappa shape index (κ2) is 7.84. The fraction of sp³-hybridized carbons (Fsp3) is 0.778. The first-order valence-corrected chi connectivity index (χ1v) is 8.57. The average Bonchev–Trinajstić information content (AvgIpc) is 2.52. The summed E-state index contributed by atoms with van der Waals surface area (Å²) in [5.74, 6) is -0.616. The Morgan fingerprint density at radius 3 is 1.35 bits per heavy atom. The third-order valence-electron chi connectivity index (χ3n) is 4.30. The molecule has 8 heteroatoms. The van der Waals surface area contributed by atoms with E-state index >= 15 is 0 Å². The van der Waals surface area contributed by atoms with Gasteiger partial charge in [0.2, 0.25) is 0 Å². The van der Waals surface area contributed by atoms with Gasteiger partial charge in [0, 0.05) is 26.6 Å². The topological polar surface area (TPSA) is 101 Å². The van der Waals surface area contributed by atoms with Crippen LogP contribution in [0, 0.1) is 0 Å². The van der Waals surface area contributed by atoms with Gasteiger partial charge in [0.05, 0.1) is 24.2 Å². The number of ether oxygens (including phenoxy) is 2. The molecular weight excluding hydrogens is 336 g/mol. The van der Waals surface area contributed by atoms with Crippen molar-refractivity contribution in [3.05, 3.63) is 0 Å². The number of hydrogen-bond acceptors (Lipinski definition) is 6. The molecule has 148 valence electrons. The molecule has 0 saturated heterocycles. The summed E-state index contributed by atoms with van der Waals surface area (Å²) in [6.45, 7) is 11.2. The number of nitrogens with zero attached hydrogens (tertiary/aromatic N) is 2. The first kappa shape index (κ1) is 22.2. The molecule has 26 heavy (non-hydrogen) atoms. The van der Waals surface area contributed by atoms with E-state index in [-0.39, 0.29) is 24.9 Å². The molecule has 2 atom stereocenters. The van der Waals surface area contributed by atoms with Crippen molar-refractivity contribution in [1.82, 2.24) is 10.6 Å². The Balaban J connectivity index is 3.27. The van der Waals surface area contributed by atoms with Crippen molar-refractivity contribution in [2.75, 3.05) is 27.3 Å². The average molecular weight is 368 g/mol. The van der Waals surface area contributed by atoms with Crippen molar-refractivity contribution in [2.24, 2.45) is 9.98 Å². The third-order valence-corrected chi connectivity index (χ3v) is 4.30. The van der Waals surface area contributed by atoms with Crippen LogP contribution in [0.5, 0.6) is 0 Å². The predicted molar refractivity (Wildman–Crippen MR) is 102 cm³/mol. The molecule has 0 radical (unpaired) electrons. The molecule has 0 bridgehead atoms. The number of methoxy groups -OCH3 is 2. The molecule has 0 aromatic heterocycles. The molecule has 1 rings (SSSR count). The summed E-state index contributed by atoms with van der Waals surface area (Å²) < 4.78 is 10.8. The van der Waals surface area contributed by atoms with Crippen LogP contribution in [0.15, 0.2) is 9.98 Å². The lowest BCUT2D eigenvalue weighted by atomic mass is 9.99. The van der Waals surface area contributed by atoms with Crippen LogP contribution in [-0.4, -0.2) is 73.8 Å². The highest BCUT2D eigenvalue weighted by Crippen LogP contribution is 2.15. The van der Waals surface area contributed by atoms with Crippen LogP contribution in [0.1, 0.15) is 41.5 Å². The lowest BCUT2D eigenvalue weighted by Gasteiger charge is -2.33. The summed E-state index contributed by atoms with van der Waals surface area (Å²) in [4.78, 5) is 34.0. The van der Waals surface area contributed by atoms with Gasteiger partial charge in [0.25, 0.3) is 11.8 Å². The zero-order chi connectivity index (χ0) is 20.2. The van der Waals surface area contributed by atoms with Gasteiger partial charge < -0.3 is 20.1 Å². The quantitative estimate of drug-likeness (QED) is 0.751. The molecule has 0 aliphatic carbocycles. The van der Waals surface area contributed by atoms with Gasteiger partial charge in [0.15, 0.2) is 11.2 Å². The van der Waals surface area contributed by atoms with Crippen molar-refractivity contribution in [2.45, 2.75) is 63.8 Å². The van der Waals surface area contributed by atoms with Crippen LogP contribution in [0.3, 0.4) is 0 Å². The molecule has 2 N–H and O–H groups in total. The summed E-state index contributed by atoms with van der Waals surface area (Å²) in [6, 6.07) is 0. The Bertz CT molecular complexity index is 548. The van der Waals surface area contributed by atoms with Crippen LogP contribution in [0.4, 0.5) is 0 Å². The predicted octanol–water partition coefficient (Wildman–Crippen LogP) is 0.741. The summed E-state index contributed by atoms with van der Waals surface area (Å²) >= 11 is 0. The number of rotatable bonds is 2. The maximum Gasteiger partial charge on any atom is 0.258 e. The summed E-state index contributed by atoms with van der Waals surface area (Å²) in [7, 11) is 2.91. The second-order valence-electron chi connectivity index (χ2n) is 8.24. The largest absolute Gasteiger partial charge is 0.363 e. The minimum Gasteiger partial charge on any atom is -0.363 e. The zero-order valence-electron chi connectivity index (χ0n) is 17.1. The lowest BCUT2D eigenvalue weighted by molar-refractivity contribution is -0.137. The molecule has 0 aromatic rings. The molecule has 0 unspecified atom stereocenters. The molecule has 0 saturated carbocycles. The van der Waals surface area contributed by atoms with Crippen LogP contribution in [-0.2, 0) is 19.1 Å². The van der Waals surface area contributed by atoms with E-state index in [9.17, 15) is 9.59 Å². The Morgan fingerprint density at radius 1 is 0.769 bits per heavy atom. The Labute approximate surface area is 155 Å². The van der Waals surface area contributed by atoms with Gasteiger partial charge in [-0.15, -0.1) is 0 Å². The maximum absolute atomic E-state index is 12.7. The van der Waals surface area contributed by atoms with Crippen LogP contribution >= 0.6 is 0 Å². The van der Waals surface area contributed by atoms with E-state index in [4.69, 9.17) is 9.47 Å². The van der Waals surface area contributed by atoms with E-state index < -0.39 is 22.3 Å². The van der Waals surface area contributed by atoms with Gasteiger partial charge in [-0.3, -0.25) is 19.6 Å². The molecule has 2 amide bonds. The van der Waals surface area contributed by atoms with Crippen molar-refractivity contribution in [3.63, 3.8) is 0 Å². The van der Waals surface area contributed by atoms with Crippen molar-refractivity contribution in [1.29, 1.82) is 0 Å². The Kier molecular flexibility index (Phi) is 6.70. The monoisotopic (exact) mass is 368 g/mol. The highest BCUT2D eigenvalue weighted by atomic mass is 16.5. The third kappa shape index (κ3) is 5.60. The normalized spacial score (nSPS) is 32.5. The molecule has 1 heterocycles. The first-order valence-electron chi connectivity index (χ1n) is 8.57. The molecule has 0 fully saturated rings. The van der Waals surface area contributed by atoms with E-state index in [1.165, 1.54) is 26.6 Å². The summed E-state index contributed by atoms with van der Waals surface area (Å²) in [6.07, 6.45) is 2.94. The van der Waals surface area contributed by atoms with E-state index in [0.29, 0.717) is 0 Å². The van der Waals surface area contributed by atoms with Gasteiger partial charge in [-0.2, -0.15) is 0 Å². The Hall–Kier alpha value is -1.80. The van der Waals surface area contributed by atoms with Gasteiger partial charge in [0.1, 0.15) is 0 Å². The number of amides is 2. The lowest BCUT2D eigenvalue weighted by Crippen LogP contribution is -2.57. The van der Waals surface area contributed by atoms with E-state index in [2.05, 4.69) is 20.6 Å². The number of carbonyl (C=O) groups is 2. The smallest absolute Gasteiger partial charge is 0.258 e. The SMILES string of the molecule is CO[C@]1(C)C=NCC(C)(C)NC(=O)[C@@](C)(OC)C=NCC(C)(C)NC1=O. The molecule has 0 aromatic carbocycles. The zero-order valence-corrected chi connectivity index (χ0v) is 17.1. The van der Waals surface area contributed by atoms with E-state index in [1.54, 1.807) is 13.8 Å². The van der Waals surface area contributed by atoms with Crippen LogP contribution in [0.2, 0.25) is 0 Å². The second-order valence-corrected chi connectivity index (χ2v) is 8.24. The van der Waals surface area contributed by atoms with Crippen molar-refractivity contribution < 1.29 is 19.1 Å². The van der Waals surface area contributed by atoms with Crippen LogP contribution < -0.4 is 10.6 Å². The molecule has 1 aliphatic heterocycles. The van der Waals surface area contributed by atoms with Gasteiger partial charge in [-0.1, -0.05) is 0 Å². The standard InChI is InChI=1S/C18H32N4O4/c1-15(2)9-19-11-18(6,26-8)14(24)22-16(3,4)10-20-12-17(5,25-7)13(23)21-15/h11-12H,9-10H2,1-8H3,(H,21,23)(H,22,24)/t17-,18+. The Morgan fingerprint density at radius 2 is 1.08 bits per heavy atom. The fourth-order valence-corrected chi connectivity index (χ4v) is 2.25. The number of carbonyl (C=O) groups excluding carboxylic acids is 2. The highest BCUT2D eigenvalue weighted by molar-refractivity contribution is 6.02. The number of hydrogen-bond donors (Lipinski definition) is 2. The summed E-state index contributed by atoms with van der Waals surface area (Å²) in [5.41, 5.74) is -3.72. The minimum absolute atomic E-state index is 0.269. The molecule has 1 aliphatic rings. The van der Waals surface area contributed by atoms with Gasteiger partial charge >= 0.3 is 0 Å². The molecular formula is C18H32N4O4. The number of nitrogens with one attached hydrogen (secondary N) is 2. The van der Waals surface area contributed by atoms with E-state index in [0.717, 1.165) is 0 Å². The number of aliphatic imine (C=N–C) groups is 2. The van der Waals surface area contributed by atoms with Crippen molar-refractivity contribution in [3.8, 4) is 0 Å². The van der Waals surface area contributed by atoms with Gasteiger partial charge in [-0.05, 0) is 41.5 Å². The summed E-state index contributed by atoms with van der Waals surface area (Å²) in [5, 5.41) is 5.84. The first-order chi connectivity index (χ1) is 11.8. The highest BCUT2D eigenvalue weighted by Gasteiger charge is 2.38.